The predicted octanol–water partition coefficient (Wildman–Crippen LogP) is 2.56. The molecule has 0 saturated carbocycles. The number of primary amides is 1. The van der Waals surface area contributed by atoms with E-state index in [2.05, 4.69) is 0 Å². The first kappa shape index (κ1) is 20.2. The van der Waals surface area contributed by atoms with E-state index in [1.807, 2.05) is 41.8 Å². The summed E-state index contributed by atoms with van der Waals surface area (Å²) in [6.07, 6.45) is 1.34. The molecule has 7 nitrogen and oxygen atoms in total. The fourth-order valence-electron chi connectivity index (χ4n) is 3.15. The lowest BCUT2D eigenvalue weighted by atomic mass is 10.0. The number of ether oxygens (including phenoxy) is 2. The van der Waals surface area contributed by atoms with E-state index in [4.69, 9.17) is 15.2 Å². The highest BCUT2D eigenvalue weighted by molar-refractivity contribution is 6.09. The molecule has 0 unspecified atom stereocenters. The minimum absolute atomic E-state index is 0.0758. The summed E-state index contributed by atoms with van der Waals surface area (Å²) in [5, 5.41) is 0. The second-order valence-electron chi connectivity index (χ2n) is 6.01. The minimum atomic E-state index is -0.635. The maximum Gasteiger partial charge on any atom is 0.340 e. The van der Waals surface area contributed by atoms with Gasteiger partial charge in [-0.3, -0.25) is 4.79 Å². The number of aromatic nitrogens is 1. The van der Waals surface area contributed by atoms with Crippen LogP contribution in [0.2, 0.25) is 0 Å². The van der Waals surface area contributed by atoms with Gasteiger partial charge in [0.15, 0.2) is 0 Å². The third-order valence-corrected chi connectivity index (χ3v) is 4.27. The number of carbonyl (C=O) groups is 3. The molecule has 2 rings (SSSR count). The first-order valence-corrected chi connectivity index (χ1v) is 8.71. The van der Waals surface area contributed by atoms with Crippen molar-refractivity contribution in [2.75, 3.05) is 14.2 Å². The third kappa shape index (κ3) is 4.19. The molecule has 1 aromatic heterocycles. The van der Waals surface area contributed by atoms with E-state index in [1.54, 1.807) is 0 Å². The van der Waals surface area contributed by atoms with Crippen molar-refractivity contribution >= 4 is 17.8 Å². The Labute approximate surface area is 158 Å². The Kier molecular flexibility index (Phi) is 6.76. The number of benzene rings is 1. The molecule has 7 heteroatoms. The van der Waals surface area contributed by atoms with Crippen molar-refractivity contribution in [3.8, 4) is 11.3 Å². The molecule has 27 heavy (non-hydrogen) atoms. The summed E-state index contributed by atoms with van der Waals surface area (Å²) < 4.78 is 11.7. The fourth-order valence-corrected chi connectivity index (χ4v) is 3.15. The quantitative estimate of drug-likeness (QED) is 0.718. The van der Waals surface area contributed by atoms with Crippen molar-refractivity contribution in [3.63, 3.8) is 0 Å². The number of hydrogen-bond acceptors (Lipinski definition) is 5. The molecule has 0 atom stereocenters. The van der Waals surface area contributed by atoms with Gasteiger partial charge in [-0.05, 0) is 12.0 Å². The Morgan fingerprint density at radius 3 is 2.11 bits per heavy atom. The zero-order valence-corrected chi connectivity index (χ0v) is 15.8. The molecule has 0 radical (unpaired) electrons. The van der Waals surface area contributed by atoms with E-state index in [0.717, 1.165) is 12.0 Å². The molecule has 0 aliphatic rings. The average molecular weight is 372 g/mol. The number of amides is 1. The predicted molar refractivity (Wildman–Crippen MR) is 100 cm³/mol. The van der Waals surface area contributed by atoms with E-state index in [1.165, 1.54) is 14.2 Å². The fraction of sp³-hybridized carbons (Fsp3) is 0.350. The van der Waals surface area contributed by atoms with E-state index >= 15 is 0 Å². The molecular formula is C20H24N2O5. The van der Waals surface area contributed by atoms with E-state index in [0.29, 0.717) is 17.8 Å². The van der Waals surface area contributed by atoms with Crippen molar-refractivity contribution in [1.29, 1.82) is 0 Å². The van der Waals surface area contributed by atoms with Crippen LogP contribution in [0, 0.1) is 0 Å². The van der Waals surface area contributed by atoms with Crippen molar-refractivity contribution in [2.24, 2.45) is 5.73 Å². The highest BCUT2D eigenvalue weighted by Crippen LogP contribution is 2.34. The maximum absolute atomic E-state index is 12.6. The van der Waals surface area contributed by atoms with Gasteiger partial charge >= 0.3 is 11.9 Å². The summed E-state index contributed by atoms with van der Waals surface area (Å²) in [6, 6.07) is 9.18. The van der Waals surface area contributed by atoms with Gasteiger partial charge in [0.2, 0.25) is 5.91 Å². The largest absolute Gasteiger partial charge is 0.465 e. The second-order valence-corrected chi connectivity index (χ2v) is 6.01. The van der Waals surface area contributed by atoms with Gasteiger partial charge in [-0.1, -0.05) is 43.7 Å². The summed E-state index contributed by atoms with van der Waals surface area (Å²) in [5.74, 6) is -1.72. The molecule has 1 heterocycles. The van der Waals surface area contributed by atoms with Crippen LogP contribution >= 0.6 is 0 Å². The first-order valence-electron chi connectivity index (χ1n) is 8.71. The molecule has 2 N–H and O–H groups in total. The summed E-state index contributed by atoms with van der Waals surface area (Å²) in [7, 11) is 2.53. The zero-order valence-electron chi connectivity index (χ0n) is 15.8. The molecule has 144 valence electrons. The lowest BCUT2D eigenvalue weighted by Crippen LogP contribution is -2.16. The van der Waals surface area contributed by atoms with E-state index in [9.17, 15) is 14.4 Å². The highest BCUT2D eigenvalue weighted by atomic mass is 16.5. The van der Waals surface area contributed by atoms with Gasteiger partial charge in [0, 0.05) is 18.7 Å². The van der Waals surface area contributed by atoms with Gasteiger partial charge in [-0.25, -0.2) is 9.59 Å². The monoisotopic (exact) mass is 372 g/mol. The molecular weight excluding hydrogens is 348 g/mol. The van der Waals surface area contributed by atoms with Crippen LogP contribution in [0.5, 0.6) is 0 Å². The number of rotatable bonds is 8. The number of carbonyl (C=O) groups excluding carboxylic acids is 3. The van der Waals surface area contributed by atoms with Crippen molar-refractivity contribution in [2.45, 2.75) is 32.7 Å². The minimum Gasteiger partial charge on any atom is -0.465 e. The van der Waals surface area contributed by atoms with Crippen LogP contribution in [0.1, 0.15) is 46.2 Å². The molecule has 0 fully saturated rings. The standard InChI is InChI=1S/C20H24N2O5/c1-4-8-14-16(19(24)26-2)17(20(25)27-3)18(13-9-6-5-7-10-13)22(14)12-11-15(21)23/h5-7,9-10H,4,8,11-12H2,1-3H3,(H2,21,23). The van der Waals surface area contributed by atoms with Gasteiger partial charge < -0.3 is 19.8 Å². The van der Waals surface area contributed by atoms with Crippen LogP contribution in [0.3, 0.4) is 0 Å². The Morgan fingerprint density at radius 2 is 1.59 bits per heavy atom. The molecule has 0 saturated heterocycles. The molecule has 2 aromatic rings. The van der Waals surface area contributed by atoms with Gasteiger partial charge in [-0.15, -0.1) is 0 Å². The first-order chi connectivity index (χ1) is 13.0. The average Bonchev–Trinajstić information content (AvgIpc) is 3.00. The maximum atomic E-state index is 12.6. The van der Waals surface area contributed by atoms with Crippen molar-refractivity contribution in [3.05, 3.63) is 47.2 Å². The van der Waals surface area contributed by atoms with Crippen LogP contribution in [0.15, 0.2) is 30.3 Å². The number of esters is 2. The summed E-state index contributed by atoms with van der Waals surface area (Å²) >= 11 is 0. The van der Waals surface area contributed by atoms with Crippen LogP contribution in [-0.4, -0.2) is 36.6 Å². The molecule has 0 aliphatic heterocycles. The number of nitrogens with two attached hydrogens (primary N) is 1. The highest BCUT2D eigenvalue weighted by Gasteiger charge is 2.32. The van der Waals surface area contributed by atoms with Gasteiger partial charge in [0.05, 0.1) is 25.5 Å². The third-order valence-electron chi connectivity index (χ3n) is 4.27. The van der Waals surface area contributed by atoms with Crippen LogP contribution in [0.25, 0.3) is 11.3 Å². The summed E-state index contributed by atoms with van der Waals surface area (Å²) in [6.45, 7) is 2.21. The SMILES string of the molecule is CCCc1c(C(=O)OC)c(C(=O)OC)c(-c2ccccc2)n1CCC(N)=O. The number of methoxy groups -OCH3 is 2. The summed E-state index contributed by atoms with van der Waals surface area (Å²) in [5.41, 5.74) is 7.53. The van der Waals surface area contributed by atoms with Crippen molar-refractivity contribution < 1.29 is 23.9 Å². The van der Waals surface area contributed by atoms with Gasteiger partial charge in [-0.2, -0.15) is 0 Å². The normalized spacial score (nSPS) is 10.5. The Bertz CT molecular complexity index is 840. The van der Waals surface area contributed by atoms with Crippen LogP contribution in [0.4, 0.5) is 0 Å². The number of nitrogens with zero attached hydrogens (tertiary/aromatic N) is 1. The van der Waals surface area contributed by atoms with E-state index < -0.39 is 17.8 Å². The lowest BCUT2D eigenvalue weighted by Gasteiger charge is -2.13. The van der Waals surface area contributed by atoms with Crippen LogP contribution < -0.4 is 5.73 Å². The molecule has 0 bridgehead atoms. The zero-order chi connectivity index (χ0) is 20.0. The van der Waals surface area contributed by atoms with E-state index in [-0.39, 0.29) is 24.1 Å². The molecule has 1 aromatic carbocycles. The lowest BCUT2D eigenvalue weighted by molar-refractivity contribution is -0.118. The Hall–Kier alpha value is -3.09. The van der Waals surface area contributed by atoms with Gasteiger partial charge in [0.1, 0.15) is 5.56 Å². The van der Waals surface area contributed by atoms with Crippen molar-refractivity contribution in [1.82, 2.24) is 4.57 Å². The Balaban J connectivity index is 2.88. The van der Waals surface area contributed by atoms with Gasteiger partial charge in [0.25, 0.3) is 0 Å². The summed E-state index contributed by atoms with van der Waals surface area (Å²) in [4.78, 5) is 36.6. The second kappa shape index (κ2) is 9.02. The molecule has 1 amide bonds. The Morgan fingerprint density at radius 1 is 1.00 bits per heavy atom. The smallest absolute Gasteiger partial charge is 0.340 e. The molecule has 0 aliphatic carbocycles. The van der Waals surface area contributed by atoms with Crippen LogP contribution in [-0.2, 0) is 27.2 Å². The topological polar surface area (TPSA) is 101 Å². The molecule has 0 spiro atoms. The number of hydrogen-bond donors (Lipinski definition) is 1.